The van der Waals surface area contributed by atoms with E-state index in [0.29, 0.717) is 12.8 Å². The van der Waals surface area contributed by atoms with E-state index in [1.165, 1.54) is 0 Å². The molecule has 1 aliphatic rings. The van der Waals surface area contributed by atoms with E-state index in [1.54, 1.807) is 6.08 Å². The minimum Gasteiger partial charge on any atom is -0.298 e. The fraction of sp³-hybridized carbons (Fsp3) is 0.600. The second-order valence-electron chi connectivity index (χ2n) is 3.30. The molecule has 2 nitrogen and oxygen atoms in total. The van der Waals surface area contributed by atoms with E-state index in [4.69, 9.17) is 5.26 Å². The smallest absolute Gasteiger partial charge is 0.153 e. The Hall–Kier alpha value is -1.10. The summed E-state index contributed by atoms with van der Waals surface area (Å²) in [5.74, 6) is 0.131. The van der Waals surface area contributed by atoms with Crippen LogP contribution in [-0.2, 0) is 4.79 Å². The van der Waals surface area contributed by atoms with Crippen molar-refractivity contribution in [2.45, 2.75) is 32.1 Å². The summed E-state index contributed by atoms with van der Waals surface area (Å²) in [5.41, 5.74) is -0.659. The molecule has 64 valence electrons. The maximum absolute atomic E-state index is 11.4. The van der Waals surface area contributed by atoms with Gasteiger partial charge in [-0.25, -0.2) is 0 Å². The summed E-state index contributed by atoms with van der Waals surface area (Å²) in [7, 11) is 0. The van der Waals surface area contributed by atoms with Crippen molar-refractivity contribution in [1.29, 1.82) is 5.26 Å². The molecule has 0 amide bonds. The highest BCUT2D eigenvalue weighted by Gasteiger charge is 2.41. The maximum Gasteiger partial charge on any atom is 0.153 e. The molecule has 1 unspecified atom stereocenters. The van der Waals surface area contributed by atoms with Crippen molar-refractivity contribution in [3.8, 4) is 6.07 Å². The maximum atomic E-state index is 11.4. The number of hydrogen-bond acceptors (Lipinski definition) is 2. The van der Waals surface area contributed by atoms with Gasteiger partial charge in [0.15, 0.2) is 5.78 Å². The molecule has 1 saturated carbocycles. The Balaban J connectivity index is 2.69. The predicted molar refractivity (Wildman–Crippen MR) is 46.3 cm³/mol. The van der Waals surface area contributed by atoms with Crippen LogP contribution in [-0.4, -0.2) is 5.78 Å². The molecule has 0 aromatic rings. The Morgan fingerprint density at radius 1 is 1.75 bits per heavy atom. The van der Waals surface area contributed by atoms with Crippen molar-refractivity contribution in [3.63, 3.8) is 0 Å². The van der Waals surface area contributed by atoms with Crippen LogP contribution in [0.2, 0.25) is 0 Å². The van der Waals surface area contributed by atoms with E-state index in [0.717, 1.165) is 19.3 Å². The normalized spacial score (nSPS) is 28.4. The van der Waals surface area contributed by atoms with Crippen molar-refractivity contribution in [1.82, 2.24) is 0 Å². The van der Waals surface area contributed by atoms with E-state index >= 15 is 0 Å². The lowest BCUT2D eigenvalue weighted by Gasteiger charge is -2.16. The molecule has 0 aromatic heterocycles. The SMILES string of the molecule is C=CCCC1(C#N)CCCC1=O. The molecule has 0 bridgehead atoms. The van der Waals surface area contributed by atoms with E-state index in [-0.39, 0.29) is 5.78 Å². The van der Waals surface area contributed by atoms with Gasteiger partial charge < -0.3 is 0 Å². The highest BCUT2D eigenvalue weighted by atomic mass is 16.1. The first-order valence-electron chi connectivity index (χ1n) is 4.30. The summed E-state index contributed by atoms with van der Waals surface area (Å²) in [4.78, 5) is 11.4. The van der Waals surface area contributed by atoms with Crippen molar-refractivity contribution in [2.24, 2.45) is 5.41 Å². The van der Waals surface area contributed by atoms with Crippen LogP contribution in [0, 0.1) is 16.7 Å². The lowest BCUT2D eigenvalue weighted by Crippen LogP contribution is -2.23. The van der Waals surface area contributed by atoms with Crippen LogP contribution in [0.3, 0.4) is 0 Å². The zero-order valence-electron chi connectivity index (χ0n) is 7.18. The van der Waals surface area contributed by atoms with Crippen LogP contribution < -0.4 is 0 Å². The van der Waals surface area contributed by atoms with Gasteiger partial charge in [-0.2, -0.15) is 5.26 Å². The van der Waals surface area contributed by atoms with E-state index < -0.39 is 5.41 Å². The highest BCUT2D eigenvalue weighted by molar-refractivity contribution is 5.89. The van der Waals surface area contributed by atoms with E-state index in [9.17, 15) is 4.79 Å². The minimum atomic E-state index is -0.659. The molecular weight excluding hydrogens is 150 g/mol. The first-order valence-corrected chi connectivity index (χ1v) is 4.30. The summed E-state index contributed by atoms with van der Waals surface area (Å²) in [6.45, 7) is 3.59. The van der Waals surface area contributed by atoms with Gasteiger partial charge in [-0.3, -0.25) is 4.79 Å². The molecule has 1 atom stereocenters. The standard InChI is InChI=1S/C10H13NO/c1-2-3-6-10(8-11)7-4-5-9(10)12/h2H,1,3-7H2. The number of rotatable bonds is 3. The number of ketones is 1. The molecule has 0 aliphatic heterocycles. The monoisotopic (exact) mass is 163 g/mol. The third-order valence-electron chi connectivity index (χ3n) is 2.53. The topological polar surface area (TPSA) is 40.9 Å². The number of hydrogen-bond donors (Lipinski definition) is 0. The van der Waals surface area contributed by atoms with Gasteiger partial charge in [-0.1, -0.05) is 6.08 Å². The molecular formula is C10H13NO. The number of Topliss-reactive ketones (excluding diaryl/α,β-unsaturated/α-hetero) is 1. The summed E-state index contributed by atoms with van der Waals surface area (Å²) in [5, 5.41) is 8.91. The number of carbonyl (C=O) groups excluding carboxylic acids is 1. The summed E-state index contributed by atoms with van der Waals surface area (Å²) in [6.07, 6.45) is 5.40. The highest BCUT2D eigenvalue weighted by Crippen LogP contribution is 2.38. The molecule has 1 aliphatic carbocycles. The second kappa shape index (κ2) is 3.53. The lowest BCUT2D eigenvalue weighted by atomic mass is 9.82. The van der Waals surface area contributed by atoms with Crippen LogP contribution in [0.15, 0.2) is 12.7 Å². The summed E-state index contributed by atoms with van der Waals surface area (Å²) >= 11 is 0. The van der Waals surface area contributed by atoms with E-state index in [1.807, 2.05) is 0 Å². The molecule has 0 radical (unpaired) electrons. The fourth-order valence-corrected chi connectivity index (χ4v) is 1.72. The van der Waals surface area contributed by atoms with Crippen molar-refractivity contribution in [3.05, 3.63) is 12.7 Å². The molecule has 0 saturated heterocycles. The van der Waals surface area contributed by atoms with Crippen molar-refractivity contribution in [2.75, 3.05) is 0 Å². The Bertz CT molecular complexity index is 239. The quantitative estimate of drug-likeness (QED) is 0.598. The first-order chi connectivity index (χ1) is 5.75. The van der Waals surface area contributed by atoms with Crippen LogP contribution >= 0.6 is 0 Å². The number of nitrogens with zero attached hydrogens (tertiary/aromatic N) is 1. The van der Waals surface area contributed by atoms with Gasteiger partial charge >= 0.3 is 0 Å². The van der Waals surface area contributed by atoms with Gasteiger partial charge in [-0.05, 0) is 25.7 Å². The molecule has 0 heterocycles. The van der Waals surface area contributed by atoms with Gasteiger partial charge in [0.1, 0.15) is 5.41 Å². The largest absolute Gasteiger partial charge is 0.298 e. The Morgan fingerprint density at radius 2 is 2.50 bits per heavy atom. The van der Waals surface area contributed by atoms with Crippen molar-refractivity contribution >= 4 is 5.78 Å². The Kier molecular flexibility index (Phi) is 2.65. The molecule has 0 spiro atoms. The Morgan fingerprint density at radius 3 is 2.92 bits per heavy atom. The van der Waals surface area contributed by atoms with Crippen LogP contribution in [0.4, 0.5) is 0 Å². The van der Waals surface area contributed by atoms with Gasteiger partial charge in [0, 0.05) is 6.42 Å². The van der Waals surface area contributed by atoms with Gasteiger partial charge in [0.25, 0.3) is 0 Å². The van der Waals surface area contributed by atoms with Gasteiger partial charge in [0.2, 0.25) is 0 Å². The lowest BCUT2D eigenvalue weighted by molar-refractivity contribution is -0.123. The third-order valence-corrected chi connectivity index (χ3v) is 2.53. The minimum absolute atomic E-state index is 0.131. The average molecular weight is 163 g/mol. The number of nitriles is 1. The van der Waals surface area contributed by atoms with Gasteiger partial charge in [-0.15, -0.1) is 6.58 Å². The van der Waals surface area contributed by atoms with Crippen LogP contribution in [0.1, 0.15) is 32.1 Å². The molecule has 1 fully saturated rings. The zero-order valence-corrected chi connectivity index (χ0v) is 7.18. The molecule has 0 aromatic carbocycles. The van der Waals surface area contributed by atoms with Crippen molar-refractivity contribution < 1.29 is 4.79 Å². The van der Waals surface area contributed by atoms with E-state index in [2.05, 4.69) is 12.6 Å². The van der Waals surface area contributed by atoms with Gasteiger partial charge in [0.05, 0.1) is 6.07 Å². The molecule has 12 heavy (non-hydrogen) atoms. The fourth-order valence-electron chi connectivity index (χ4n) is 1.72. The third kappa shape index (κ3) is 1.40. The molecule has 2 heteroatoms. The second-order valence-corrected chi connectivity index (χ2v) is 3.30. The summed E-state index contributed by atoms with van der Waals surface area (Å²) < 4.78 is 0. The predicted octanol–water partition coefficient (Wildman–Crippen LogP) is 2.22. The average Bonchev–Trinajstić information content (AvgIpc) is 2.45. The number of carbonyl (C=O) groups is 1. The molecule has 1 rings (SSSR count). The van der Waals surface area contributed by atoms with Crippen LogP contribution in [0.5, 0.6) is 0 Å². The summed E-state index contributed by atoms with van der Waals surface area (Å²) in [6, 6.07) is 2.16. The zero-order chi connectivity index (χ0) is 9.03. The molecule has 0 N–H and O–H groups in total. The Labute approximate surface area is 72.9 Å². The first kappa shape index (κ1) is 8.99. The number of allylic oxidation sites excluding steroid dienone is 1. The van der Waals surface area contributed by atoms with Crippen LogP contribution in [0.25, 0.3) is 0 Å².